The highest BCUT2D eigenvalue weighted by Crippen LogP contribution is 2.21. The molecule has 15 heavy (non-hydrogen) atoms. The van der Waals surface area contributed by atoms with E-state index < -0.39 is 0 Å². The molecule has 1 rings (SSSR count). The van der Waals surface area contributed by atoms with E-state index in [1.165, 1.54) is 19.3 Å². The number of unbranched alkanes of at least 4 members (excludes halogenated alkanes) is 1. The highest BCUT2D eigenvalue weighted by molar-refractivity contribution is 5.87. The summed E-state index contributed by atoms with van der Waals surface area (Å²) >= 11 is 0. The zero-order chi connectivity index (χ0) is 11.1. The summed E-state index contributed by atoms with van der Waals surface area (Å²) in [6.45, 7) is 3.96. The molecule has 0 aromatic rings. The summed E-state index contributed by atoms with van der Waals surface area (Å²) in [5.41, 5.74) is 0.766. The van der Waals surface area contributed by atoms with Crippen molar-refractivity contribution in [2.45, 2.75) is 64.9 Å². The van der Waals surface area contributed by atoms with Crippen LogP contribution in [-0.4, -0.2) is 12.1 Å². The Balaban J connectivity index is 2.33. The molecule has 2 heteroatoms. The fraction of sp³-hybridized carbons (Fsp3) is 0.769. The van der Waals surface area contributed by atoms with Crippen molar-refractivity contribution in [1.82, 2.24) is 0 Å². The number of ether oxygens (including phenoxy) is 1. The van der Waals surface area contributed by atoms with E-state index in [0.717, 1.165) is 31.3 Å². The minimum absolute atomic E-state index is 0.115. The Kier molecular flexibility index (Phi) is 5.44. The van der Waals surface area contributed by atoms with Crippen molar-refractivity contribution in [3.05, 3.63) is 11.6 Å². The number of rotatable bonds is 4. The molecule has 0 aromatic heterocycles. The third-order valence-electron chi connectivity index (χ3n) is 2.89. The van der Waals surface area contributed by atoms with Crippen molar-refractivity contribution in [2.75, 3.05) is 0 Å². The van der Waals surface area contributed by atoms with Gasteiger partial charge in [-0.1, -0.05) is 25.8 Å². The van der Waals surface area contributed by atoms with E-state index in [4.69, 9.17) is 4.74 Å². The Morgan fingerprint density at radius 3 is 2.60 bits per heavy atom. The number of hydrogen-bond acceptors (Lipinski definition) is 2. The van der Waals surface area contributed by atoms with Crippen molar-refractivity contribution >= 4 is 5.97 Å². The first-order chi connectivity index (χ1) is 7.24. The molecule has 2 nitrogen and oxygen atoms in total. The van der Waals surface area contributed by atoms with Gasteiger partial charge >= 0.3 is 5.97 Å². The second-order valence-electron chi connectivity index (χ2n) is 4.34. The van der Waals surface area contributed by atoms with Crippen LogP contribution >= 0.6 is 0 Å². The van der Waals surface area contributed by atoms with Crippen molar-refractivity contribution in [1.29, 1.82) is 0 Å². The monoisotopic (exact) mass is 210 g/mol. The van der Waals surface area contributed by atoms with Crippen molar-refractivity contribution in [2.24, 2.45) is 0 Å². The van der Waals surface area contributed by atoms with Gasteiger partial charge in [0.05, 0.1) is 0 Å². The molecule has 0 atom stereocenters. The zero-order valence-corrected chi connectivity index (χ0v) is 9.92. The average Bonchev–Trinajstić information content (AvgIpc) is 2.27. The molecule has 1 saturated carbocycles. The maximum atomic E-state index is 11.6. The minimum atomic E-state index is -0.115. The van der Waals surface area contributed by atoms with Crippen LogP contribution in [0.5, 0.6) is 0 Å². The molecular weight excluding hydrogens is 188 g/mol. The van der Waals surface area contributed by atoms with Gasteiger partial charge in [-0.25, -0.2) is 4.79 Å². The molecule has 1 fully saturated rings. The average molecular weight is 210 g/mol. The molecule has 0 unspecified atom stereocenters. The SMILES string of the molecule is CCCC=C(C)C(=O)OC1CCCCC1. The van der Waals surface area contributed by atoms with Gasteiger partial charge in [0.15, 0.2) is 0 Å². The predicted molar refractivity (Wildman–Crippen MR) is 61.6 cm³/mol. The second-order valence-corrected chi connectivity index (χ2v) is 4.34. The highest BCUT2D eigenvalue weighted by Gasteiger charge is 2.18. The maximum Gasteiger partial charge on any atom is 0.333 e. The summed E-state index contributed by atoms with van der Waals surface area (Å²) in [5.74, 6) is -0.115. The largest absolute Gasteiger partial charge is 0.459 e. The third kappa shape index (κ3) is 4.50. The van der Waals surface area contributed by atoms with E-state index in [2.05, 4.69) is 6.92 Å². The molecule has 0 saturated heterocycles. The Morgan fingerprint density at radius 1 is 1.33 bits per heavy atom. The number of esters is 1. The second kappa shape index (κ2) is 6.65. The van der Waals surface area contributed by atoms with E-state index in [1.807, 2.05) is 13.0 Å². The normalized spacial score (nSPS) is 18.9. The smallest absolute Gasteiger partial charge is 0.333 e. The lowest BCUT2D eigenvalue weighted by Crippen LogP contribution is -2.21. The Bertz CT molecular complexity index is 225. The third-order valence-corrected chi connectivity index (χ3v) is 2.89. The van der Waals surface area contributed by atoms with Gasteiger partial charge in [0.1, 0.15) is 6.10 Å². The van der Waals surface area contributed by atoms with Crippen LogP contribution in [0.1, 0.15) is 58.8 Å². The first kappa shape index (κ1) is 12.3. The molecular formula is C13H22O2. The lowest BCUT2D eigenvalue weighted by Gasteiger charge is -2.21. The van der Waals surface area contributed by atoms with Gasteiger partial charge in [-0.15, -0.1) is 0 Å². The zero-order valence-electron chi connectivity index (χ0n) is 9.92. The van der Waals surface area contributed by atoms with Gasteiger partial charge in [0, 0.05) is 5.57 Å². The van der Waals surface area contributed by atoms with Crippen LogP contribution in [0.25, 0.3) is 0 Å². The van der Waals surface area contributed by atoms with E-state index in [-0.39, 0.29) is 12.1 Å². The summed E-state index contributed by atoms with van der Waals surface area (Å²) in [6.07, 6.45) is 9.99. The van der Waals surface area contributed by atoms with Crippen LogP contribution in [0.15, 0.2) is 11.6 Å². The van der Waals surface area contributed by atoms with Gasteiger partial charge in [0.2, 0.25) is 0 Å². The van der Waals surface area contributed by atoms with Gasteiger partial charge in [-0.05, 0) is 39.0 Å². The van der Waals surface area contributed by atoms with Crippen LogP contribution in [0.2, 0.25) is 0 Å². The molecule has 0 bridgehead atoms. The lowest BCUT2D eigenvalue weighted by molar-refractivity contribution is -0.145. The quantitative estimate of drug-likeness (QED) is 0.523. The number of carbonyl (C=O) groups excluding carboxylic acids is 1. The molecule has 0 amide bonds. The van der Waals surface area contributed by atoms with Gasteiger partial charge in [0.25, 0.3) is 0 Å². The van der Waals surface area contributed by atoms with Gasteiger partial charge < -0.3 is 4.74 Å². The molecule has 0 heterocycles. The first-order valence-electron chi connectivity index (χ1n) is 6.11. The Morgan fingerprint density at radius 2 is 2.00 bits per heavy atom. The lowest BCUT2D eigenvalue weighted by atomic mass is 9.98. The molecule has 0 radical (unpaired) electrons. The van der Waals surface area contributed by atoms with E-state index in [9.17, 15) is 4.79 Å². The van der Waals surface area contributed by atoms with E-state index >= 15 is 0 Å². The fourth-order valence-corrected chi connectivity index (χ4v) is 1.87. The molecule has 0 aromatic carbocycles. The van der Waals surface area contributed by atoms with Crippen LogP contribution < -0.4 is 0 Å². The van der Waals surface area contributed by atoms with Crippen LogP contribution in [0.3, 0.4) is 0 Å². The molecule has 1 aliphatic carbocycles. The maximum absolute atomic E-state index is 11.6. The number of allylic oxidation sites excluding steroid dienone is 1. The molecule has 0 aliphatic heterocycles. The topological polar surface area (TPSA) is 26.3 Å². The van der Waals surface area contributed by atoms with E-state index in [1.54, 1.807) is 0 Å². The van der Waals surface area contributed by atoms with Gasteiger partial charge in [-0.3, -0.25) is 0 Å². The number of carbonyl (C=O) groups is 1. The molecule has 1 aliphatic rings. The minimum Gasteiger partial charge on any atom is -0.459 e. The first-order valence-corrected chi connectivity index (χ1v) is 6.11. The molecule has 86 valence electrons. The van der Waals surface area contributed by atoms with Crippen molar-refractivity contribution in [3.8, 4) is 0 Å². The van der Waals surface area contributed by atoms with E-state index in [0.29, 0.717) is 0 Å². The highest BCUT2D eigenvalue weighted by atomic mass is 16.5. The van der Waals surface area contributed by atoms with Crippen molar-refractivity contribution in [3.63, 3.8) is 0 Å². The van der Waals surface area contributed by atoms with Gasteiger partial charge in [-0.2, -0.15) is 0 Å². The van der Waals surface area contributed by atoms with Crippen LogP contribution in [-0.2, 0) is 9.53 Å². The number of hydrogen-bond donors (Lipinski definition) is 0. The van der Waals surface area contributed by atoms with Crippen LogP contribution in [0, 0.1) is 0 Å². The standard InChI is InChI=1S/C13H22O2/c1-3-4-8-11(2)13(14)15-12-9-6-5-7-10-12/h8,12H,3-7,9-10H2,1-2H3. The predicted octanol–water partition coefficient (Wildman–Crippen LogP) is 3.61. The Hall–Kier alpha value is -0.790. The Labute approximate surface area is 92.7 Å². The summed E-state index contributed by atoms with van der Waals surface area (Å²) in [5, 5.41) is 0. The summed E-state index contributed by atoms with van der Waals surface area (Å²) < 4.78 is 5.44. The summed E-state index contributed by atoms with van der Waals surface area (Å²) in [7, 11) is 0. The van der Waals surface area contributed by atoms with Crippen molar-refractivity contribution < 1.29 is 9.53 Å². The fourth-order valence-electron chi connectivity index (χ4n) is 1.87. The summed E-state index contributed by atoms with van der Waals surface area (Å²) in [4.78, 5) is 11.6. The summed E-state index contributed by atoms with van der Waals surface area (Å²) in [6, 6.07) is 0. The van der Waals surface area contributed by atoms with Crippen LogP contribution in [0.4, 0.5) is 0 Å². The molecule has 0 N–H and O–H groups in total. The molecule has 0 spiro atoms.